The Balaban J connectivity index is 1.26. The molecule has 0 bridgehead atoms. The lowest BCUT2D eigenvalue weighted by Gasteiger charge is -2.35. The number of halogens is 8. The summed E-state index contributed by atoms with van der Waals surface area (Å²) in [6, 6.07) is 3.35. The van der Waals surface area contributed by atoms with Crippen LogP contribution in [0.25, 0.3) is 32.1 Å². The van der Waals surface area contributed by atoms with Crippen LogP contribution in [-0.4, -0.2) is 95.0 Å². The summed E-state index contributed by atoms with van der Waals surface area (Å²) in [5.41, 5.74) is 1.53. The number of nitrogens with zero attached hydrogens (tertiary/aromatic N) is 6. The summed E-state index contributed by atoms with van der Waals surface area (Å²) in [4.78, 5) is 26.6. The van der Waals surface area contributed by atoms with Gasteiger partial charge < -0.3 is 25.0 Å². The number of carbonyl (C=O) groups excluding carboxylic acids is 1. The summed E-state index contributed by atoms with van der Waals surface area (Å²) in [6.45, 7) is 2.70. The van der Waals surface area contributed by atoms with Crippen molar-refractivity contribution < 1.29 is 49.4 Å². The van der Waals surface area contributed by atoms with Crippen LogP contribution in [0.1, 0.15) is 56.6 Å². The minimum atomic E-state index is -5.19. The van der Waals surface area contributed by atoms with Crippen LogP contribution in [0.4, 0.5) is 50.7 Å². The van der Waals surface area contributed by atoms with Crippen LogP contribution in [0.5, 0.6) is 6.01 Å². The number of nitrogens with two attached hydrogens (primary N) is 1. The second-order valence-corrected chi connectivity index (χ2v) is 15.9. The predicted molar refractivity (Wildman–Crippen MR) is 190 cm³/mol. The van der Waals surface area contributed by atoms with Crippen LogP contribution in [0.2, 0.25) is 0 Å². The Morgan fingerprint density at radius 1 is 1.16 bits per heavy atom. The monoisotopic (exact) mass is 809 g/mol. The molecule has 298 valence electrons. The smallest absolute Gasteiger partial charge is 0.417 e. The van der Waals surface area contributed by atoms with Gasteiger partial charge in [0.1, 0.15) is 47.1 Å². The fraction of sp³-hybridized carbons (Fsp3) is 0.514. The van der Waals surface area contributed by atoms with E-state index in [1.54, 1.807) is 17.9 Å². The van der Waals surface area contributed by atoms with E-state index in [0.717, 1.165) is 18.6 Å². The third-order valence-electron chi connectivity index (χ3n) is 11.4. The Hall–Kier alpha value is -4.70. The number of thiophene rings is 1. The van der Waals surface area contributed by atoms with Gasteiger partial charge in [-0.05, 0) is 50.4 Å². The molecule has 1 aliphatic carbocycles. The van der Waals surface area contributed by atoms with E-state index in [-0.39, 0.29) is 83.5 Å². The van der Waals surface area contributed by atoms with Crippen molar-refractivity contribution in [2.45, 2.75) is 81.4 Å². The van der Waals surface area contributed by atoms with E-state index in [4.69, 9.17) is 15.2 Å². The number of nitriles is 1. The van der Waals surface area contributed by atoms with E-state index in [9.17, 15) is 27.6 Å². The molecule has 10 nitrogen and oxygen atoms in total. The van der Waals surface area contributed by atoms with Crippen LogP contribution in [0.3, 0.4) is 0 Å². The summed E-state index contributed by atoms with van der Waals surface area (Å²) in [7, 11) is 0. The van der Waals surface area contributed by atoms with Crippen LogP contribution in [0.15, 0.2) is 18.2 Å². The molecule has 3 saturated heterocycles. The number of benzene rings is 2. The zero-order valence-corrected chi connectivity index (χ0v) is 30.7. The number of hydrogen-bond acceptors (Lipinski definition) is 10. The molecule has 2 aromatic carbocycles. The van der Waals surface area contributed by atoms with E-state index in [2.05, 4.69) is 9.97 Å². The molecule has 4 aromatic rings. The van der Waals surface area contributed by atoms with Crippen molar-refractivity contribution in [3.63, 3.8) is 0 Å². The second kappa shape index (κ2) is 13.7. The summed E-state index contributed by atoms with van der Waals surface area (Å²) < 4.78 is 130. The van der Waals surface area contributed by atoms with Crippen LogP contribution >= 0.6 is 11.3 Å². The fourth-order valence-electron chi connectivity index (χ4n) is 8.77. The molecule has 0 radical (unpaired) electrons. The van der Waals surface area contributed by atoms with Gasteiger partial charge in [0.15, 0.2) is 5.82 Å². The number of fused-ring (bicyclic) bond motifs is 3. The molecule has 8 rings (SSSR count). The Morgan fingerprint density at radius 3 is 2.62 bits per heavy atom. The van der Waals surface area contributed by atoms with E-state index in [0.29, 0.717) is 30.4 Å². The van der Waals surface area contributed by atoms with Gasteiger partial charge in [-0.3, -0.25) is 4.90 Å². The topological polar surface area (TPSA) is 121 Å². The van der Waals surface area contributed by atoms with Gasteiger partial charge in [0.2, 0.25) is 0 Å². The average Bonchev–Trinajstić information content (AvgIpc) is 3.90. The SMILES string of the molecule is CCN(c1nc(OCC23CCCN2CC(F)C3)nc2c(F)c(-c3ccc(F)c4sc(N)c(C#N)c34)c(C(F)(F)F)cc12)C1CCN(C(=O)OC2CC(F)(F)C2)C1. The highest BCUT2D eigenvalue weighted by atomic mass is 32.1. The van der Waals surface area contributed by atoms with Gasteiger partial charge >= 0.3 is 18.3 Å². The Bertz CT molecular complexity index is 2270. The Labute approximate surface area is 318 Å². The molecule has 4 aliphatic rings. The standard InChI is InChI=1S/C37H35F8N7O3S/c1-2-52(19-6-9-50(16-19)34(53)55-20-12-36(41,42)13-20)32-22-10-24(37(43,44)45)27(21-4-5-25(39)30-26(21)23(14-46)31(47)56-30)28(40)29(22)48-33(49-32)54-17-35-7-3-8-51(35)15-18(38)11-35/h4-5,10,18-20H,2-3,6-9,11-13,15-17,47H2,1H3. The van der Waals surface area contributed by atoms with Gasteiger partial charge in [-0.25, -0.2) is 26.7 Å². The molecule has 56 heavy (non-hydrogen) atoms. The number of amides is 1. The number of ether oxygens (including phenoxy) is 2. The number of hydrogen-bond donors (Lipinski definition) is 1. The molecular weight excluding hydrogens is 775 g/mol. The highest BCUT2D eigenvalue weighted by Gasteiger charge is 2.50. The first-order chi connectivity index (χ1) is 26.5. The third-order valence-corrected chi connectivity index (χ3v) is 12.4. The van der Waals surface area contributed by atoms with Crippen molar-refractivity contribution in [3.8, 4) is 23.2 Å². The third kappa shape index (κ3) is 6.47. The van der Waals surface area contributed by atoms with E-state index in [1.807, 2.05) is 4.90 Å². The zero-order valence-electron chi connectivity index (χ0n) is 29.9. The van der Waals surface area contributed by atoms with Crippen LogP contribution < -0.4 is 15.4 Å². The molecule has 2 N–H and O–H groups in total. The van der Waals surface area contributed by atoms with Crippen molar-refractivity contribution in [2.24, 2.45) is 0 Å². The van der Waals surface area contributed by atoms with Crippen molar-refractivity contribution in [3.05, 3.63) is 41.0 Å². The maximum Gasteiger partial charge on any atom is 0.417 e. The molecule has 5 heterocycles. The molecular formula is C37H35F8N7O3S. The lowest BCUT2D eigenvalue weighted by atomic mass is 9.91. The highest BCUT2D eigenvalue weighted by molar-refractivity contribution is 7.23. The molecule has 0 spiro atoms. The normalized spacial score (nSPS) is 23.8. The van der Waals surface area contributed by atoms with E-state index in [1.165, 1.54) is 4.90 Å². The number of anilines is 2. The summed E-state index contributed by atoms with van der Waals surface area (Å²) in [5.74, 6) is -5.35. The quantitative estimate of drug-likeness (QED) is 0.176. The molecule has 19 heteroatoms. The van der Waals surface area contributed by atoms with Gasteiger partial charge in [-0.1, -0.05) is 6.07 Å². The first-order valence-electron chi connectivity index (χ1n) is 18.2. The Kier molecular flexibility index (Phi) is 9.37. The van der Waals surface area contributed by atoms with Gasteiger partial charge in [-0.2, -0.15) is 28.4 Å². The van der Waals surface area contributed by atoms with Crippen LogP contribution in [-0.2, 0) is 10.9 Å². The molecule has 3 atom stereocenters. The van der Waals surface area contributed by atoms with E-state index >= 15 is 17.6 Å². The largest absolute Gasteiger partial charge is 0.461 e. The molecule has 1 amide bonds. The summed E-state index contributed by atoms with van der Waals surface area (Å²) in [5, 5.41) is 9.07. The average molecular weight is 810 g/mol. The Morgan fingerprint density at radius 2 is 1.93 bits per heavy atom. The van der Waals surface area contributed by atoms with Crippen molar-refractivity contribution in [2.75, 3.05) is 50.0 Å². The molecule has 4 fully saturated rings. The molecule has 3 unspecified atom stereocenters. The number of rotatable bonds is 8. The first kappa shape index (κ1) is 38.2. The number of carbonyl (C=O) groups is 1. The molecule has 2 aromatic heterocycles. The summed E-state index contributed by atoms with van der Waals surface area (Å²) in [6.07, 6.45) is -7.36. The molecule has 1 saturated carbocycles. The maximum absolute atomic E-state index is 17.3. The minimum absolute atomic E-state index is 0.00972. The van der Waals surface area contributed by atoms with Gasteiger partial charge in [0, 0.05) is 67.8 Å². The first-order valence-corrected chi connectivity index (χ1v) is 19.0. The molecule has 3 aliphatic heterocycles. The number of alkyl halides is 6. The number of nitrogen functional groups attached to an aromatic ring is 1. The van der Waals surface area contributed by atoms with Crippen LogP contribution in [0, 0.1) is 23.0 Å². The lowest BCUT2D eigenvalue weighted by Crippen LogP contribution is -2.45. The fourth-order valence-corrected chi connectivity index (χ4v) is 9.72. The number of likely N-dealkylation sites (tertiary alicyclic amines) is 1. The van der Waals surface area contributed by atoms with Gasteiger partial charge in [0.25, 0.3) is 5.92 Å². The maximum atomic E-state index is 17.3. The number of likely N-dealkylation sites (N-methyl/N-ethyl adjacent to an activating group) is 1. The number of aromatic nitrogens is 2. The van der Waals surface area contributed by atoms with E-state index < -0.39 is 88.7 Å². The van der Waals surface area contributed by atoms with Gasteiger partial charge in [0.05, 0.1) is 21.4 Å². The van der Waals surface area contributed by atoms with Crippen molar-refractivity contribution in [1.29, 1.82) is 5.26 Å². The second-order valence-electron chi connectivity index (χ2n) is 14.9. The summed E-state index contributed by atoms with van der Waals surface area (Å²) >= 11 is 0.646. The predicted octanol–water partition coefficient (Wildman–Crippen LogP) is 8.05. The lowest BCUT2D eigenvalue weighted by molar-refractivity contribution is -0.147. The minimum Gasteiger partial charge on any atom is -0.461 e. The van der Waals surface area contributed by atoms with Gasteiger partial charge in [-0.15, -0.1) is 11.3 Å². The highest BCUT2D eigenvalue weighted by Crippen LogP contribution is 2.49. The zero-order chi connectivity index (χ0) is 39.9. The van der Waals surface area contributed by atoms with Crippen molar-refractivity contribution >= 4 is 49.2 Å². The van der Waals surface area contributed by atoms with Crippen molar-refractivity contribution in [1.82, 2.24) is 19.8 Å².